The molecule has 0 unspecified atom stereocenters. The van der Waals surface area contributed by atoms with Gasteiger partial charge in [0.25, 0.3) is 0 Å². The molecule has 2 aromatic rings. The third-order valence-electron chi connectivity index (χ3n) is 4.43. The number of hydrogen-bond donors (Lipinski definition) is 1. The number of hydrogen-bond acceptors (Lipinski definition) is 4. The highest BCUT2D eigenvalue weighted by molar-refractivity contribution is 14.0. The molecule has 2 rings (SSSR count). The first-order valence-electron chi connectivity index (χ1n) is 9.11. The highest BCUT2D eigenvalue weighted by atomic mass is 127. The lowest BCUT2D eigenvalue weighted by Gasteiger charge is -2.22. The molecule has 0 aliphatic carbocycles. The fraction of sp³-hybridized carbons (Fsp3) is 0.429. The lowest BCUT2D eigenvalue weighted by molar-refractivity contribution is 0.354. The standard InChI is InChI=1S/C21H30N4O2.HI/c1-16-6-7-18(15-24-16)10-12-23-21(22-2)25(3)13-11-17-8-9-19(26-4)20(14-17)27-5;/h6-9,14-15H,10-13H2,1-5H3,(H,22,23);1H. The minimum Gasteiger partial charge on any atom is -0.493 e. The van der Waals surface area contributed by atoms with Gasteiger partial charge in [0.05, 0.1) is 14.2 Å². The average molecular weight is 498 g/mol. The average Bonchev–Trinajstić information content (AvgIpc) is 2.70. The van der Waals surface area contributed by atoms with Crippen LogP contribution in [0.5, 0.6) is 11.5 Å². The Morgan fingerprint density at radius 1 is 1.07 bits per heavy atom. The van der Waals surface area contributed by atoms with E-state index in [2.05, 4.69) is 32.3 Å². The van der Waals surface area contributed by atoms with Crippen molar-refractivity contribution in [2.45, 2.75) is 19.8 Å². The second-order valence-electron chi connectivity index (χ2n) is 6.39. The molecule has 6 nitrogen and oxygen atoms in total. The number of aromatic nitrogens is 1. The van der Waals surface area contributed by atoms with E-state index in [-0.39, 0.29) is 24.0 Å². The van der Waals surface area contributed by atoms with Gasteiger partial charge in [0, 0.05) is 39.1 Å². The van der Waals surface area contributed by atoms with E-state index in [0.29, 0.717) is 0 Å². The van der Waals surface area contributed by atoms with E-state index >= 15 is 0 Å². The topological polar surface area (TPSA) is 59.0 Å². The van der Waals surface area contributed by atoms with E-state index in [0.717, 1.165) is 49.1 Å². The minimum atomic E-state index is 0. The molecule has 0 saturated heterocycles. The maximum absolute atomic E-state index is 5.38. The van der Waals surface area contributed by atoms with Crippen LogP contribution in [0.25, 0.3) is 0 Å². The first-order chi connectivity index (χ1) is 13.1. The van der Waals surface area contributed by atoms with Gasteiger partial charge >= 0.3 is 0 Å². The van der Waals surface area contributed by atoms with Gasteiger partial charge in [-0.1, -0.05) is 12.1 Å². The van der Waals surface area contributed by atoms with Crippen LogP contribution in [0.4, 0.5) is 0 Å². The fourth-order valence-corrected chi connectivity index (χ4v) is 2.79. The number of aliphatic imine (C=N–C) groups is 1. The fourth-order valence-electron chi connectivity index (χ4n) is 2.79. The van der Waals surface area contributed by atoms with E-state index in [1.165, 1.54) is 11.1 Å². The molecule has 0 aliphatic rings. The van der Waals surface area contributed by atoms with Gasteiger partial charge in [0.1, 0.15) is 0 Å². The Hall–Kier alpha value is -2.03. The Kier molecular flexibility index (Phi) is 10.7. The van der Waals surface area contributed by atoms with Gasteiger partial charge in [-0.25, -0.2) is 0 Å². The number of pyridine rings is 1. The zero-order chi connectivity index (χ0) is 19.6. The van der Waals surface area contributed by atoms with E-state index in [9.17, 15) is 0 Å². The second kappa shape index (κ2) is 12.4. The predicted molar refractivity (Wildman–Crippen MR) is 125 cm³/mol. The van der Waals surface area contributed by atoms with Crippen molar-refractivity contribution in [2.24, 2.45) is 4.99 Å². The molecule has 1 heterocycles. The number of halogens is 1. The summed E-state index contributed by atoms with van der Waals surface area (Å²) in [6, 6.07) is 10.2. The van der Waals surface area contributed by atoms with Crippen LogP contribution in [0.15, 0.2) is 41.5 Å². The summed E-state index contributed by atoms with van der Waals surface area (Å²) in [4.78, 5) is 10.8. The number of nitrogens with one attached hydrogen (secondary N) is 1. The molecule has 0 aliphatic heterocycles. The number of rotatable bonds is 8. The number of aryl methyl sites for hydroxylation is 1. The van der Waals surface area contributed by atoms with Gasteiger partial charge in [-0.2, -0.15) is 0 Å². The monoisotopic (exact) mass is 498 g/mol. The first-order valence-corrected chi connectivity index (χ1v) is 9.11. The number of guanidine groups is 1. The van der Waals surface area contributed by atoms with E-state index in [1.54, 1.807) is 14.2 Å². The molecule has 28 heavy (non-hydrogen) atoms. The maximum Gasteiger partial charge on any atom is 0.193 e. The van der Waals surface area contributed by atoms with E-state index in [4.69, 9.17) is 9.47 Å². The van der Waals surface area contributed by atoms with Crippen molar-refractivity contribution in [2.75, 3.05) is 41.4 Å². The summed E-state index contributed by atoms with van der Waals surface area (Å²) >= 11 is 0. The molecule has 7 heteroatoms. The number of ether oxygens (including phenoxy) is 2. The highest BCUT2D eigenvalue weighted by Gasteiger charge is 2.08. The van der Waals surface area contributed by atoms with Crippen LogP contribution >= 0.6 is 24.0 Å². The summed E-state index contributed by atoms with van der Waals surface area (Å²) in [6.07, 6.45) is 3.73. The van der Waals surface area contributed by atoms with Crippen LogP contribution in [0, 0.1) is 6.92 Å². The summed E-state index contributed by atoms with van der Waals surface area (Å²) in [5.41, 5.74) is 3.45. The van der Waals surface area contributed by atoms with Crippen LogP contribution in [-0.4, -0.2) is 57.2 Å². The Balaban J connectivity index is 0.00000392. The summed E-state index contributed by atoms with van der Waals surface area (Å²) < 4.78 is 10.7. The second-order valence-corrected chi connectivity index (χ2v) is 6.39. The molecule has 1 aromatic heterocycles. The number of nitrogens with zero attached hydrogens (tertiary/aromatic N) is 3. The number of methoxy groups -OCH3 is 2. The van der Waals surface area contributed by atoms with Crippen molar-refractivity contribution >= 4 is 29.9 Å². The molecule has 0 amide bonds. The summed E-state index contributed by atoms with van der Waals surface area (Å²) in [5, 5.41) is 3.41. The van der Waals surface area contributed by atoms with Crippen LogP contribution in [0.3, 0.4) is 0 Å². The van der Waals surface area contributed by atoms with Gasteiger partial charge in [0.15, 0.2) is 17.5 Å². The van der Waals surface area contributed by atoms with Crippen molar-refractivity contribution < 1.29 is 9.47 Å². The Morgan fingerprint density at radius 3 is 2.39 bits per heavy atom. The normalized spacial score (nSPS) is 10.8. The van der Waals surface area contributed by atoms with E-state index < -0.39 is 0 Å². The molecule has 1 aromatic carbocycles. The van der Waals surface area contributed by atoms with Crippen molar-refractivity contribution in [3.05, 3.63) is 53.3 Å². The molecule has 0 fully saturated rings. The molecular weight excluding hydrogens is 467 g/mol. The molecule has 0 spiro atoms. The van der Waals surface area contributed by atoms with Gasteiger partial charge in [0.2, 0.25) is 0 Å². The van der Waals surface area contributed by atoms with Gasteiger partial charge in [-0.05, 0) is 49.1 Å². The molecular formula is C21H31IN4O2. The Morgan fingerprint density at radius 2 is 1.79 bits per heavy atom. The lowest BCUT2D eigenvalue weighted by Crippen LogP contribution is -2.40. The summed E-state index contributed by atoms with van der Waals surface area (Å²) in [6.45, 7) is 3.66. The number of likely N-dealkylation sites (N-methyl/N-ethyl adjacent to an activating group) is 1. The smallest absolute Gasteiger partial charge is 0.193 e. The van der Waals surface area contributed by atoms with Crippen LogP contribution < -0.4 is 14.8 Å². The van der Waals surface area contributed by atoms with Crippen molar-refractivity contribution in [1.29, 1.82) is 0 Å². The quantitative estimate of drug-likeness (QED) is 0.344. The van der Waals surface area contributed by atoms with Gasteiger partial charge < -0.3 is 19.7 Å². The SMILES string of the molecule is CN=C(NCCc1ccc(C)nc1)N(C)CCc1ccc(OC)c(OC)c1.I. The molecule has 0 saturated carbocycles. The highest BCUT2D eigenvalue weighted by Crippen LogP contribution is 2.27. The molecule has 0 atom stereocenters. The van der Waals surface area contributed by atoms with Crippen molar-refractivity contribution in [3.8, 4) is 11.5 Å². The zero-order valence-corrected chi connectivity index (χ0v) is 19.7. The molecule has 0 radical (unpaired) electrons. The maximum atomic E-state index is 5.38. The summed E-state index contributed by atoms with van der Waals surface area (Å²) in [5.74, 6) is 2.39. The van der Waals surface area contributed by atoms with Gasteiger partial charge in [-0.3, -0.25) is 9.98 Å². The van der Waals surface area contributed by atoms with Gasteiger partial charge in [-0.15, -0.1) is 24.0 Å². The molecule has 1 N–H and O–H groups in total. The number of benzene rings is 1. The zero-order valence-electron chi connectivity index (χ0n) is 17.4. The van der Waals surface area contributed by atoms with Crippen molar-refractivity contribution in [1.82, 2.24) is 15.2 Å². The first kappa shape index (κ1) is 24.0. The third kappa shape index (κ3) is 7.18. The lowest BCUT2D eigenvalue weighted by atomic mass is 10.1. The molecule has 0 bridgehead atoms. The Bertz CT molecular complexity index is 751. The predicted octanol–water partition coefficient (Wildman–Crippen LogP) is 3.32. The summed E-state index contributed by atoms with van der Waals surface area (Å²) in [7, 11) is 7.16. The largest absolute Gasteiger partial charge is 0.493 e. The molecule has 154 valence electrons. The third-order valence-corrected chi connectivity index (χ3v) is 4.43. The Labute approximate surface area is 185 Å². The minimum absolute atomic E-state index is 0. The van der Waals surface area contributed by atoms with Crippen LogP contribution in [0.2, 0.25) is 0 Å². The van der Waals surface area contributed by atoms with Crippen LogP contribution in [-0.2, 0) is 12.8 Å². The van der Waals surface area contributed by atoms with E-state index in [1.807, 2.05) is 45.4 Å². The van der Waals surface area contributed by atoms with Crippen LogP contribution in [0.1, 0.15) is 16.8 Å². The van der Waals surface area contributed by atoms with Crippen molar-refractivity contribution in [3.63, 3.8) is 0 Å².